The number of ether oxygens (including phenoxy) is 1. The summed E-state index contributed by atoms with van der Waals surface area (Å²) < 4.78 is 5.48. The van der Waals surface area contributed by atoms with E-state index >= 15 is 0 Å². The lowest BCUT2D eigenvalue weighted by Gasteiger charge is -2.64. The van der Waals surface area contributed by atoms with Crippen LogP contribution in [-0.2, 0) is 4.74 Å². The lowest BCUT2D eigenvalue weighted by Crippen LogP contribution is -2.62. The Labute approximate surface area is 219 Å². The Kier molecular flexibility index (Phi) is 8.68. The number of carbonyl (C=O) groups excluding carboxylic acids is 1. The van der Waals surface area contributed by atoms with Crippen LogP contribution < -0.4 is 5.32 Å². The topological polar surface area (TPSA) is 99.0 Å². The van der Waals surface area contributed by atoms with E-state index in [2.05, 4.69) is 33.0 Å². The van der Waals surface area contributed by atoms with Crippen molar-refractivity contribution >= 4 is 6.09 Å². The number of amides is 1. The van der Waals surface area contributed by atoms with Gasteiger partial charge in [-0.2, -0.15) is 0 Å². The minimum atomic E-state index is -0.393. The molecular formula is C30H53NO5. The van der Waals surface area contributed by atoms with Gasteiger partial charge in [-0.15, -0.1) is 0 Å². The van der Waals surface area contributed by atoms with Gasteiger partial charge in [0.1, 0.15) is 0 Å². The van der Waals surface area contributed by atoms with Crippen molar-refractivity contribution in [1.82, 2.24) is 5.32 Å². The van der Waals surface area contributed by atoms with Gasteiger partial charge in [0.2, 0.25) is 0 Å². The van der Waals surface area contributed by atoms with E-state index in [1.165, 1.54) is 25.7 Å². The van der Waals surface area contributed by atoms with Crippen LogP contribution in [-0.4, -0.2) is 52.9 Å². The minimum Gasteiger partial charge on any atom is -0.450 e. The summed E-state index contributed by atoms with van der Waals surface area (Å²) in [6.45, 7) is 11.9. The van der Waals surface area contributed by atoms with Gasteiger partial charge in [-0.25, -0.2) is 4.79 Å². The van der Waals surface area contributed by atoms with E-state index < -0.39 is 6.09 Å². The molecular weight excluding hydrogens is 454 g/mol. The molecule has 0 aromatic carbocycles. The molecule has 0 aliphatic heterocycles. The first-order valence-corrected chi connectivity index (χ1v) is 15.0. The average Bonchev–Trinajstić information content (AvgIpc) is 3.17. The van der Waals surface area contributed by atoms with Crippen LogP contribution in [0.2, 0.25) is 0 Å². The highest BCUT2D eigenvalue weighted by molar-refractivity contribution is 5.67. The molecule has 4 saturated carbocycles. The fourth-order valence-electron chi connectivity index (χ4n) is 9.98. The van der Waals surface area contributed by atoms with Crippen LogP contribution in [0.3, 0.4) is 0 Å². The Morgan fingerprint density at radius 1 is 1.00 bits per heavy atom. The maximum Gasteiger partial charge on any atom is 0.407 e. The molecule has 3 unspecified atom stereocenters. The van der Waals surface area contributed by atoms with Crippen LogP contribution in [0.4, 0.5) is 4.79 Å². The van der Waals surface area contributed by atoms with Gasteiger partial charge in [0.15, 0.2) is 0 Å². The standard InChI is InChI=1S/C30H53NO5/c1-6-21-25-17-20(33)9-13-30(25,5)24-10-14-29(4)22(7-8-23(29)26(24)27(21)34)18(2)12-16-36-28(35)31-19(3)11-15-32/h18-27,32-34H,6-17H2,1-5H3,(H,31,35)/t18-,19-,20-,21-,22?,23+,24+,25?,26?,27-,29-,30-/m1/s1. The molecule has 1 amide bonds. The number of nitrogens with one attached hydrogen (secondary N) is 1. The molecule has 4 aliphatic rings. The van der Waals surface area contributed by atoms with Gasteiger partial charge in [0.05, 0.1) is 18.8 Å². The van der Waals surface area contributed by atoms with E-state index in [0.29, 0.717) is 54.5 Å². The highest BCUT2D eigenvalue weighted by Gasteiger charge is 2.64. The molecule has 208 valence electrons. The number of aliphatic hydroxyl groups is 3. The molecule has 0 aromatic heterocycles. The van der Waals surface area contributed by atoms with Crippen LogP contribution in [0.25, 0.3) is 0 Å². The molecule has 6 nitrogen and oxygen atoms in total. The molecule has 12 atom stereocenters. The molecule has 0 aromatic rings. The zero-order chi connectivity index (χ0) is 26.3. The van der Waals surface area contributed by atoms with E-state index in [-0.39, 0.29) is 35.7 Å². The van der Waals surface area contributed by atoms with Gasteiger partial charge in [-0.05, 0) is 117 Å². The third-order valence-corrected chi connectivity index (χ3v) is 11.9. The van der Waals surface area contributed by atoms with Crippen molar-refractivity contribution in [3.63, 3.8) is 0 Å². The lowest BCUT2D eigenvalue weighted by atomic mass is 9.41. The zero-order valence-electron chi connectivity index (χ0n) is 23.4. The lowest BCUT2D eigenvalue weighted by molar-refractivity contribution is -0.203. The number of fused-ring (bicyclic) bond motifs is 5. The third-order valence-electron chi connectivity index (χ3n) is 11.9. The predicted octanol–water partition coefficient (Wildman–Crippen LogP) is 5.14. The number of aliphatic hydroxyl groups excluding tert-OH is 3. The smallest absolute Gasteiger partial charge is 0.407 e. The van der Waals surface area contributed by atoms with Gasteiger partial charge >= 0.3 is 6.09 Å². The average molecular weight is 508 g/mol. The highest BCUT2D eigenvalue weighted by Crippen LogP contribution is 2.69. The van der Waals surface area contributed by atoms with Crippen molar-refractivity contribution in [2.24, 2.45) is 52.3 Å². The SMILES string of the molecule is CC[C@@H]1C2C[C@H](O)CC[C@]2(C)[C@H]2CC[C@]3(C)C([C@H](C)CCOC(=O)N[C@H](C)CCO)CC[C@H]3C2[C@@H]1O. The van der Waals surface area contributed by atoms with Gasteiger partial charge < -0.3 is 25.4 Å². The molecule has 36 heavy (non-hydrogen) atoms. The first kappa shape index (κ1) is 28.2. The molecule has 4 N–H and O–H groups in total. The molecule has 0 heterocycles. The molecule has 4 fully saturated rings. The highest BCUT2D eigenvalue weighted by atomic mass is 16.5. The normalized spacial score (nSPS) is 45.7. The minimum absolute atomic E-state index is 0.0528. The van der Waals surface area contributed by atoms with E-state index in [1.54, 1.807) is 0 Å². The summed E-state index contributed by atoms with van der Waals surface area (Å²) in [5.74, 6) is 3.28. The van der Waals surface area contributed by atoms with Crippen molar-refractivity contribution < 1.29 is 24.9 Å². The van der Waals surface area contributed by atoms with Crippen molar-refractivity contribution in [3.8, 4) is 0 Å². The fraction of sp³-hybridized carbons (Fsp3) is 0.967. The summed E-state index contributed by atoms with van der Waals surface area (Å²) in [6, 6.07) is -0.0904. The van der Waals surface area contributed by atoms with Crippen molar-refractivity contribution in [2.75, 3.05) is 13.2 Å². The Morgan fingerprint density at radius 3 is 2.39 bits per heavy atom. The number of carbonyl (C=O) groups is 1. The predicted molar refractivity (Wildman–Crippen MR) is 141 cm³/mol. The Balaban J connectivity index is 1.42. The van der Waals surface area contributed by atoms with Gasteiger partial charge in [0, 0.05) is 12.6 Å². The second-order valence-corrected chi connectivity index (χ2v) is 13.6. The summed E-state index contributed by atoms with van der Waals surface area (Å²) in [6.07, 6.45) is 9.23. The fourth-order valence-corrected chi connectivity index (χ4v) is 9.98. The maximum atomic E-state index is 12.1. The van der Waals surface area contributed by atoms with Crippen molar-refractivity contribution in [3.05, 3.63) is 0 Å². The molecule has 0 spiro atoms. The van der Waals surface area contributed by atoms with E-state index in [9.17, 15) is 15.0 Å². The zero-order valence-corrected chi connectivity index (χ0v) is 23.4. The number of hydrogen-bond acceptors (Lipinski definition) is 5. The van der Waals surface area contributed by atoms with Crippen molar-refractivity contribution in [1.29, 1.82) is 0 Å². The number of rotatable bonds is 8. The van der Waals surface area contributed by atoms with Crippen LogP contribution in [0, 0.1) is 52.3 Å². The molecule has 0 radical (unpaired) electrons. The van der Waals surface area contributed by atoms with Crippen LogP contribution in [0.1, 0.15) is 98.8 Å². The van der Waals surface area contributed by atoms with Gasteiger partial charge in [-0.1, -0.05) is 34.1 Å². The first-order chi connectivity index (χ1) is 17.1. The maximum absolute atomic E-state index is 12.1. The van der Waals surface area contributed by atoms with E-state index in [4.69, 9.17) is 9.84 Å². The van der Waals surface area contributed by atoms with Crippen LogP contribution >= 0.6 is 0 Å². The largest absolute Gasteiger partial charge is 0.450 e. The third kappa shape index (κ3) is 4.96. The van der Waals surface area contributed by atoms with Gasteiger partial charge in [0.25, 0.3) is 0 Å². The molecule has 0 bridgehead atoms. The van der Waals surface area contributed by atoms with Crippen LogP contribution in [0.15, 0.2) is 0 Å². The Hall–Kier alpha value is -0.850. The molecule has 0 saturated heterocycles. The van der Waals surface area contributed by atoms with Crippen LogP contribution in [0.5, 0.6) is 0 Å². The van der Waals surface area contributed by atoms with E-state index in [0.717, 1.165) is 32.1 Å². The van der Waals surface area contributed by atoms with Gasteiger partial charge in [-0.3, -0.25) is 0 Å². The van der Waals surface area contributed by atoms with Crippen molar-refractivity contribution in [2.45, 2.75) is 117 Å². The first-order valence-electron chi connectivity index (χ1n) is 15.0. The quantitative estimate of drug-likeness (QED) is 0.365. The van der Waals surface area contributed by atoms with E-state index in [1.807, 2.05) is 6.92 Å². The Morgan fingerprint density at radius 2 is 1.69 bits per heavy atom. The summed E-state index contributed by atoms with van der Waals surface area (Å²) in [5, 5.41) is 34.1. The summed E-state index contributed by atoms with van der Waals surface area (Å²) >= 11 is 0. The Bertz CT molecular complexity index is 762. The second-order valence-electron chi connectivity index (χ2n) is 13.6. The molecule has 6 heteroatoms. The summed E-state index contributed by atoms with van der Waals surface area (Å²) in [4.78, 5) is 12.1. The number of hydrogen-bond donors (Lipinski definition) is 4. The second kappa shape index (κ2) is 11.1. The summed E-state index contributed by atoms with van der Waals surface area (Å²) in [7, 11) is 0. The summed E-state index contributed by atoms with van der Waals surface area (Å²) in [5.41, 5.74) is 0.471. The number of alkyl carbamates (subject to hydrolysis) is 1. The molecule has 4 aliphatic carbocycles. The monoisotopic (exact) mass is 507 g/mol. The molecule has 4 rings (SSSR count).